The van der Waals surface area contributed by atoms with Gasteiger partial charge in [0.2, 0.25) is 0 Å². The van der Waals surface area contributed by atoms with Crippen molar-refractivity contribution in [3.05, 3.63) is 34.3 Å². The van der Waals surface area contributed by atoms with Gasteiger partial charge in [-0.05, 0) is 38.1 Å². The van der Waals surface area contributed by atoms with Gasteiger partial charge in [0.1, 0.15) is 5.75 Å². The number of carbonyl (C=O) groups is 1. The molecule has 5 nitrogen and oxygen atoms in total. The second-order valence-electron chi connectivity index (χ2n) is 4.45. The second kappa shape index (κ2) is 6.78. The number of benzene rings is 1. The summed E-state index contributed by atoms with van der Waals surface area (Å²) in [5.41, 5.74) is 0.827. The number of esters is 1. The van der Waals surface area contributed by atoms with Crippen LogP contribution >= 0.6 is 22.9 Å². The minimum atomic E-state index is -0.494. The zero-order chi connectivity index (χ0) is 15.4. The summed E-state index contributed by atoms with van der Waals surface area (Å²) < 4.78 is 10.2. The summed E-state index contributed by atoms with van der Waals surface area (Å²) in [5.74, 6) is 0.300. The second-order valence-corrected chi connectivity index (χ2v) is 5.80. The average Bonchev–Trinajstić information content (AvgIpc) is 2.80. The molecule has 0 radical (unpaired) electrons. The highest BCUT2D eigenvalue weighted by molar-refractivity contribution is 7.18. The maximum absolute atomic E-state index is 11.5. The van der Waals surface area contributed by atoms with Crippen LogP contribution in [0.4, 0.5) is 10.8 Å². The van der Waals surface area contributed by atoms with Crippen LogP contribution in [-0.2, 0) is 4.74 Å². The molecule has 0 spiro atoms. The van der Waals surface area contributed by atoms with E-state index in [2.05, 4.69) is 15.0 Å². The Morgan fingerprint density at radius 3 is 2.57 bits per heavy atom. The smallest absolute Gasteiger partial charge is 0.351 e. The molecule has 7 heteroatoms. The minimum Gasteiger partial charge on any atom is -0.491 e. The molecule has 0 aliphatic heterocycles. The Bertz CT molecular complexity index is 626. The van der Waals surface area contributed by atoms with E-state index in [4.69, 9.17) is 16.3 Å². The summed E-state index contributed by atoms with van der Waals surface area (Å²) in [5, 5.41) is 3.74. The van der Waals surface area contributed by atoms with Gasteiger partial charge in [-0.1, -0.05) is 22.9 Å². The molecule has 0 atom stereocenters. The number of nitrogens with one attached hydrogen (secondary N) is 1. The predicted octanol–water partition coefficient (Wildman–Crippen LogP) is 4.11. The fourth-order valence-corrected chi connectivity index (χ4v) is 2.71. The molecule has 0 aliphatic carbocycles. The first-order valence-corrected chi connectivity index (χ1v) is 7.47. The molecule has 0 amide bonds. The predicted molar refractivity (Wildman–Crippen MR) is 84.0 cm³/mol. The molecule has 2 rings (SSSR count). The number of hydrogen-bond donors (Lipinski definition) is 1. The van der Waals surface area contributed by atoms with Gasteiger partial charge in [-0.3, -0.25) is 0 Å². The molecule has 112 valence electrons. The summed E-state index contributed by atoms with van der Waals surface area (Å²) in [7, 11) is 1.30. The zero-order valence-corrected chi connectivity index (χ0v) is 13.4. The molecular formula is C14H15ClN2O3S. The lowest BCUT2D eigenvalue weighted by atomic mass is 10.3. The van der Waals surface area contributed by atoms with Crippen LogP contribution in [0.3, 0.4) is 0 Å². The summed E-state index contributed by atoms with van der Waals surface area (Å²) in [6, 6.07) is 7.45. The van der Waals surface area contributed by atoms with Crippen LogP contribution in [-0.4, -0.2) is 24.2 Å². The highest BCUT2D eigenvalue weighted by atomic mass is 35.5. The molecule has 0 saturated carbocycles. The number of methoxy groups -OCH3 is 1. The summed E-state index contributed by atoms with van der Waals surface area (Å²) in [6.45, 7) is 3.94. The van der Waals surface area contributed by atoms with Crippen molar-refractivity contribution in [1.82, 2.24) is 4.98 Å². The number of thiazole rings is 1. The first-order chi connectivity index (χ1) is 9.99. The first kappa shape index (κ1) is 15.6. The number of nitrogens with zero attached hydrogens (tertiary/aromatic N) is 1. The van der Waals surface area contributed by atoms with E-state index in [1.807, 2.05) is 38.1 Å². The fourth-order valence-electron chi connectivity index (χ4n) is 1.59. The third-order valence-corrected chi connectivity index (χ3v) is 3.77. The van der Waals surface area contributed by atoms with E-state index in [9.17, 15) is 4.79 Å². The number of carbonyl (C=O) groups excluding carboxylic acids is 1. The maximum atomic E-state index is 11.5. The molecule has 1 aromatic heterocycles. The van der Waals surface area contributed by atoms with Gasteiger partial charge in [-0.25, -0.2) is 9.78 Å². The highest BCUT2D eigenvalue weighted by Gasteiger charge is 2.17. The Morgan fingerprint density at radius 2 is 2.00 bits per heavy atom. The molecule has 0 aliphatic rings. The largest absolute Gasteiger partial charge is 0.491 e. The lowest BCUT2D eigenvalue weighted by molar-refractivity contribution is 0.0606. The number of hydrogen-bond acceptors (Lipinski definition) is 6. The van der Waals surface area contributed by atoms with E-state index >= 15 is 0 Å². The summed E-state index contributed by atoms with van der Waals surface area (Å²) >= 11 is 7.05. The van der Waals surface area contributed by atoms with Gasteiger partial charge in [0.25, 0.3) is 0 Å². The Morgan fingerprint density at radius 1 is 1.33 bits per heavy atom. The van der Waals surface area contributed by atoms with Crippen molar-refractivity contribution in [2.24, 2.45) is 0 Å². The molecule has 2 aromatic rings. The van der Waals surface area contributed by atoms with Crippen molar-refractivity contribution in [2.75, 3.05) is 12.4 Å². The minimum absolute atomic E-state index is 0.129. The van der Waals surface area contributed by atoms with E-state index in [-0.39, 0.29) is 16.1 Å². The van der Waals surface area contributed by atoms with Crippen molar-refractivity contribution in [1.29, 1.82) is 0 Å². The van der Waals surface area contributed by atoms with Crippen LogP contribution in [0.2, 0.25) is 5.15 Å². The lowest BCUT2D eigenvalue weighted by Gasteiger charge is -2.10. The van der Waals surface area contributed by atoms with Crippen molar-refractivity contribution in [3.8, 4) is 5.75 Å². The van der Waals surface area contributed by atoms with Crippen LogP contribution in [0.15, 0.2) is 24.3 Å². The highest BCUT2D eigenvalue weighted by Crippen LogP contribution is 2.30. The standard InChI is InChI=1S/C14H15ClN2O3S/c1-8(2)20-10-6-4-9(5-7-10)16-14-17-12(15)11(21-14)13(18)19-3/h4-8H,1-3H3,(H,16,17). The SMILES string of the molecule is COC(=O)c1sc(Nc2ccc(OC(C)C)cc2)nc1Cl. The van der Waals surface area contributed by atoms with E-state index in [0.29, 0.717) is 5.13 Å². The molecule has 21 heavy (non-hydrogen) atoms. The fraction of sp³-hybridized carbons (Fsp3) is 0.286. The zero-order valence-electron chi connectivity index (χ0n) is 11.8. The summed E-state index contributed by atoms with van der Waals surface area (Å²) in [4.78, 5) is 15.8. The molecule has 1 heterocycles. The van der Waals surface area contributed by atoms with Gasteiger partial charge < -0.3 is 14.8 Å². The van der Waals surface area contributed by atoms with E-state index < -0.39 is 5.97 Å². The first-order valence-electron chi connectivity index (χ1n) is 6.28. The topological polar surface area (TPSA) is 60.5 Å². The van der Waals surface area contributed by atoms with E-state index in [0.717, 1.165) is 22.8 Å². The van der Waals surface area contributed by atoms with E-state index in [1.54, 1.807) is 0 Å². The van der Waals surface area contributed by atoms with Crippen LogP contribution < -0.4 is 10.1 Å². The van der Waals surface area contributed by atoms with Gasteiger partial charge in [-0.15, -0.1) is 0 Å². The van der Waals surface area contributed by atoms with Crippen molar-refractivity contribution in [3.63, 3.8) is 0 Å². The van der Waals surface area contributed by atoms with Crippen LogP contribution in [0.25, 0.3) is 0 Å². The van der Waals surface area contributed by atoms with Crippen LogP contribution in [0, 0.1) is 0 Å². The number of aromatic nitrogens is 1. The van der Waals surface area contributed by atoms with E-state index in [1.165, 1.54) is 7.11 Å². The van der Waals surface area contributed by atoms with Crippen LogP contribution in [0.5, 0.6) is 5.75 Å². The number of ether oxygens (including phenoxy) is 2. The molecule has 0 saturated heterocycles. The number of anilines is 2. The third-order valence-electron chi connectivity index (χ3n) is 2.43. The van der Waals surface area contributed by atoms with Crippen molar-refractivity contribution < 1.29 is 14.3 Å². The van der Waals surface area contributed by atoms with Crippen molar-refractivity contribution >= 4 is 39.7 Å². The van der Waals surface area contributed by atoms with Gasteiger partial charge in [-0.2, -0.15) is 0 Å². The summed E-state index contributed by atoms with van der Waals surface area (Å²) in [6.07, 6.45) is 0.129. The van der Waals surface area contributed by atoms with Gasteiger partial charge >= 0.3 is 5.97 Å². The Balaban J connectivity index is 2.09. The van der Waals surface area contributed by atoms with Gasteiger partial charge in [0, 0.05) is 5.69 Å². The quantitative estimate of drug-likeness (QED) is 0.838. The Hall–Kier alpha value is -1.79. The van der Waals surface area contributed by atoms with Gasteiger partial charge in [0.05, 0.1) is 13.2 Å². The van der Waals surface area contributed by atoms with Crippen LogP contribution in [0.1, 0.15) is 23.5 Å². The molecular weight excluding hydrogens is 312 g/mol. The molecule has 0 bridgehead atoms. The third kappa shape index (κ3) is 4.09. The Kier molecular flexibility index (Phi) is 5.03. The van der Waals surface area contributed by atoms with Crippen molar-refractivity contribution in [2.45, 2.75) is 20.0 Å². The monoisotopic (exact) mass is 326 g/mol. The maximum Gasteiger partial charge on any atom is 0.351 e. The molecule has 1 aromatic carbocycles. The Labute approximate surface area is 131 Å². The normalized spacial score (nSPS) is 10.5. The lowest BCUT2D eigenvalue weighted by Crippen LogP contribution is -2.05. The average molecular weight is 327 g/mol. The molecule has 1 N–H and O–H groups in total. The molecule has 0 fully saturated rings. The number of rotatable bonds is 5. The number of halogens is 1. The molecule has 0 unspecified atom stereocenters. The van der Waals surface area contributed by atoms with Gasteiger partial charge in [0.15, 0.2) is 15.2 Å².